The maximum Gasteiger partial charge on any atom is 0.278 e. The van der Waals surface area contributed by atoms with Gasteiger partial charge < -0.3 is 18.8 Å². The standard InChI is InChI=1S/C27H23N5O4S/c1-27(2)15-35-6-5-31(27)26(33)23-25-24(32(30-23)18-4-7-37-14-18)20-9-19(21(34-3)10-22(20)36-25)17-8-16(11-28)12-29-13-17/h4,7-10,12-14H,5-6,15H2,1-3H3. The number of ether oxygens (including phenoxy) is 2. The topological polar surface area (TPSA) is 106 Å². The maximum atomic E-state index is 13.8. The van der Waals surface area contributed by atoms with Crippen LogP contribution in [0.4, 0.5) is 0 Å². The van der Waals surface area contributed by atoms with Gasteiger partial charge in [-0.1, -0.05) is 0 Å². The number of furan rings is 1. The van der Waals surface area contributed by atoms with E-state index < -0.39 is 5.54 Å². The lowest BCUT2D eigenvalue weighted by molar-refractivity contribution is -0.0372. The number of nitrogens with zero attached hydrogens (tertiary/aromatic N) is 5. The normalized spacial score (nSPS) is 15.2. The van der Waals surface area contributed by atoms with Gasteiger partial charge in [0, 0.05) is 46.9 Å². The first-order valence-corrected chi connectivity index (χ1v) is 12.7. The van der Waals surface area contributed by atoms with Crippen molar-refractivity contribution in [3.63, 3.8) is 0 Å². The Morgan fingerprint density at radius 3 is 2.86 bits per heavy atom. The van der Waals surface area contributed by atoms with Gasteiger partial charge in [-0.2, -0.15) is 21.7 Å². The summed E-state index contributed by atoms with van der Waals surface area (Å²) < 4.78 is 19.4. The number of nitriles is 1. The number of methoxy groups -OCH3 is 1. The molecule has 0 unspecified atom stereocenters. The van der Waals surface area contributed by atoms with Gasteiger partial charge in [0.1, 0.15) is 22.9 Å². The second-order valence-corrected chi connectivity index (χ2v) is 10.2. The van der Waals surface area contributed by atoms with E-state index in [0.717, 1.165) is 22.2 Å². The number of aromatic nitrogens is 3. The third kappa shape index (κ3) is 3.75. The minimum atomic E-state index is -0.477. The monoisotopic (exact) mass is 513 g/mol. The zero-order valence-electron chi connectivity index (χ0n) is 20.5. The van der Waals surface area contributed by atoms with Crippen LogP contribution in [0.15, 0.2) is 51.8 Å². The summed E-state index contributed by atoms with van der Waals surface area (Å²) in [5.74, 6) is 0.363. The smallest absolute Gasteiger partial charge is 0.278 e. The summed E-state index contributed by atoms with van der Waals surface area (Å²) in [7, 11) is 1.58. The molecule has 1 fully saturated rings. The molecular weight excluding hydrogens is 490 g/mol. The molecule has 0 bridgehead atoms. The molecule has 1 amide bonds. The van der Waals surface area contributed by atoms with E-state index in [-0.39, 0.29) is 11.6 Å². The molecule has 0 aliphatic carbocycles. The highest BCUT2D eigenvalue weighted by molar-refractivity contribution is 7.08. The third-order valence-electron chi connectivity index (χ3n) is 6.63. The molecule has 4 aromatic heterocycles. The van der Waals surface area contributed by atoms with Crippen LogP contribution in [-0.4, -0.2) is 58.0 Å². The molecule has 10 heteroatoms. The number of pyridine rings is 1. The zero-order chi connectivity index (χ0) is 25.7. The molecule has 0 spiro atoms. The third-order valence-corrected chi connectivity index (χ3v) is 7.30. The van der Waals surface area contributed by atoms with Gasteiger partial charge in [0.25, 0.3) is 5.91 Å². The lowest BCUT2D eigenvalue weighted by atomic mass is 10.0. The Morgan fingerprint density at radius 2 is 2.14 bits per heavy atom. The van der Waals surface area contributed by atoms with E-state index in [1.54, 1.807) is 46.4 Å². The Labute approximate surface area is 216 Å². The minimum Gasteiger partial charge on any atom is -0.496 e. The van der Waals surface area contributed by atoms with E-state index in [1.807, 2.05) is 36.7 Å². The first-order valence-electron chi connectivity index (χ1n) is 11.7. The van der Waals surface area contributed by atoms with Crippen LogP contribution in [0.3, 0.4) is 0 Å². The van der Waals surface area contributed by atoms with Gasteiger partial charge in [-0.25, -0.2) is 4.68 Å². The van der Waals surface area contributed by atoms with Crippen LogP contribution in [0.5, 0.6) is 5.75 Å². The van der Waals surface area contributed by atoms with Crippen molar-refractivity contribution in [2.45, 2.75) is 19.4 Å². The van der Waals surface area contributed by atoms with Gasteiger partial charge in [-0.15, -0.1) is 0 Å². The first-order chi connectivity index (χ1) is 17.9. The number of hydrogen-bond donors (Lipinski definition) is 0. The van der Waals surface area contributed by atoms with Gasteiger partial charge in [0.2, 0.25) is 0 Å². The Kier molecular flexibility index (Phi) is 5.47. The summed E-state index contributed by atoms with van der Waals surface area (Å²) in [5.41, 5.74) is 4.22. The maximum absolute atomic E-state index is 13.8. The Balaban J connectivity index is 1.61. The van der Waals surface area contributed by atoms with Crippen molar-refractivity contribution in [2.75, 3.05) is 26.9 Å². The molecule has 0 saturated carbocycles. The van der Waals surface area contributed by atoms with Crippen molar-refractivity contribution in [3.8, 4) is 28.6 Å². The number of thiophene rings is 1. The summed E-state index contributed by atoms with van der Waals surface area (Å²) in [6, 6.07) is 9.59. The van der Waals surface area contributed by atoms with Gasteiger partial charge in [0.05, 0.1) is 37.1 Å². The molecule has 0 N–H and O–H groups in total. The summed E-state index contributed by atoms with van der Waals surface area (Å²) in [4.78, 5) is 19.9. The Morgan fingerprint density at radius 1 is 1.27 bits per heavy atom. The predicted molar refractivity (Wildman–Crippen MR) is 139 cm³/mol. The molecule has 6 rings (SSSR count). The van der Waals surface area contributed by atoms with Gasteiger partial charge in [-0.3, -0.25) is 9.78 Å². The van der Waals surface area contributed by atoms with Crippen molar-refractivity contribution in [1.82, 2.24) is 19.7 Å². The number of fused-ring (bicyclic) bond motifs is 3. The molecule has 5 heterocycles. The molecule has 1 aliphatic rings. The van der Waals surface area contributed by atoms with E-state index >= 15 is 0 Å². The Hall–Kier alpha value is -4.20. The first kappa shape index (κ1) is 23.2. The molecule has 1 aliphatic heterocycles. The van der Waals surface area contributed by atoms with Crippen molar-refractivity contribution >= 4 is 39.3 Å². The van der Waals surface area contributed by atoms with E-state index in [0.29, 0.717) is 47.8 Å². The molecule has 9 nitrogen and oxygen atoms in total. The van der Waals surface area contributed by atoms with Crippen LogP contribution in [0.1, 0.15) is 29.9 Å². The molecule has 0 radical (unpaired) electrons. The lowest BCUT2D eigenvalue weighted by Crippen LogP contribution is -2.55. The number of carbonyl (C=O) groups excluding carboxylic acids is 1. The summed E-state index contributed by atoms with van der Waals surface area (Å²) in [6.07, 6.45) is 3.20. The lowest BCUT2D eigenvalue weighted by Gasteiger charge is -2.41. The highest BCUT2D eigenvalue weighted by Crippen LogP contribution is 2.41. The number of benzene rings is 1. The van der Waals surface area contributed by atoms with Crippen molar-refractivity contribution in [3.05, 3.63) is 58.7 Å². The molecule has 1 saturated heterocycles. The molecule has 37 heavy (non-hydrogen) atoms. The van der Waals surface area contributed by atoms with Gasteiger partial charge in [-0.05, 0) is 37.4 Å². The van der Waals surface area contributed by atoms with Crippen LogP contribution in [-0.2, 0) is 4.74 Å². The largest absolute Gasteiger partial charge is 0.496 e. The van der Waals surface area contributed by atoms with E-state index in [2.05, 4.69) is 11.1 Å². The second kappa shape index (κ2) is 8.73. The highest BCUT2D eigenvalue weighted by Gasteiger charge is 2.38. The zero-order valence-corrected chi connectivity index (χ0v) is 21.3. The van der Waals surface area contributed by atoms with Crippen LogP contribution in [0.25, 0.3) is 38.9 Å². The number of morpholine rings is 1. The van der Waals surface area contributed by atoms with Crippen molar-refractivity contribution < 1.29 is 18.7 Å². The van der Waals surface area contributed by atoms with E-state index in [4.69, 9.17) is 19.0 Å². The van der Waals surface area contributed by atoms with Crippen molar-refractivity contribution in [1.29, 1.82) is 5.26 Å². The predicted octanol–water partition coefficient (Wildman–Crippen LogP) is 5.03. The highest BCUT2D eigenvalue weighted by atomic mass is 32.1. The molecule has 0 atom stereocenters. The van der Waals surface area contributed by atoms with Crippen LogP contribution in [0.2, 0.25) is 0 Å². The summed E-state index contributed by atoms with van der Waals surface area (Å²) >= 11 is 1.54. The number of hydrogen-bond acceptors (Lipinski definition) is 8. The fourth-order valence-electron chi connectivity index (χ4n) is 4.79. The SMILES string of the molecule is COc1cc2oc3c(C(=O)N4CCOCC4(C)C)nn(-c4ccsc4)c3c2cc1-c1cncc(C#N)c1. The van der Waals surface area contributed by atoms with Crippen molar-refractivity contribution in [2.24, 2.45) is 0 Å². The van der Waals surface area contributed by atoms with Crippen LogP contribution < -0.4 is 4.74 Å². The van der Waals surface area contributed by atoms with Gasteiger partial charge in [0.15, 0.2) is 11.3 Å². The molecule has 5 aromatic rings. The number of carbonyl (C=O) groups is 1. The fraction of sp³-hybridized carbons (Fsp3) is 0.259. The Bertz CT molecular complexity index is 1690. The molecule has 1 aromatic carbocycles. The summed E-state index contributed by atoms with van der Waals surface area (Å²) in [6.45, 7) is 5.36. The average molecular weight is 514 g/mol. The minimum absolute atomic E-state index is 0.204. The molecular formula is C27H23N5O4S. The quantitative estimate of drug-likeness (QED) is 0.332. The van der Waals surface area contributed by atoms with E-state index in [1.165, 1.54) is 6.20 Å². The fourth-order valence-corrected chi connectivity index (χ4v) is 5.40. The number of rotatable bonds is 4. The second-order valence-electron chi connectivity index (χ2n) is 9.47. The van der Waals surface area contributed by atoms with Crippen LogP contribution in [0, 0.1) is 11.3 Å². The molecule has 186 valence electrons. The van der Waals surface area contributed by atoms with E-state index in [9.17, 15) is 10.1 Å². The van der Waals surface area contributed by atoms with Crippen LogP contribution >= 0.6 is 11.3 Å². The van der Waals surface area contributed by atoms with Gasteiger partial charge >= 0.3 is 0 Å². The average Bonchev–Trinajstić information content (AvgIpc) is 3.63. The summed E-state index contributed by atoms with van der Waals surface area (Å²) in [5, 5.41) is 18.8. The number of amides is 1.